The maximum atomic E-state index is 13.2. The molecule has 0 aromatic heterocycles. The highest BCUT2D eigenvalue weighted by atomic mass is 19.1. The van der Waals surface area contributed by atoms with Crippen LogP contribution in [0.15, 0.2) is 18.2 Å². The smallest absolute Gasteiger partial charge is 0.309 e. The molecule has 1 rings (SSSR count). The summed E-state index contributed by atoms with van der Waals surface area (Å²) in [6.45, 7) is -0.691. The Bertz CT molecular complexity index is 418. The fraction of sp³-hybridized carbons (Fsp3) is 0.250. The van der Waals surface area contributed by atoms with E-state index in [1.807, 2.05) is 0 Å². The average Bonchev–Trinajstić information content (AvgIpc) is 2.28. The number of carbonyl (C=O) groups excluding carboxylic acids is 1. The van der Waals surface area contributed by atoms with Crippen LogP contribution in [0, 0.1) is 11.6 Å². The molecule has 0 saturated carbocycles. The molecule has 1 aromatic carbocycles. The van der Waals surface area contributed by atoms with Crippen molar-refractivity contribution in [1.82, 2.24) is 0 Å². The number of halogens is 2. The summed E-state index contributed by atoms with van der Waals surface area (Å²) < 4.78 is 30.9. The first-order chi connectivity index (χ1) is 8.08. The highest BCUT2D eigenvalue weighted by Crippen LogP contribution is 2.16. The van der Waals surface area contributed by atoms with E-state index in [2.05, 4.69) is 4.74 Å². The molecule has 92 valence electrons. The summed E-state index contributed by atoms with van der Waals surface area (Å²) in [5, 5.41) is 8.71. The summed E-state index contributed by atoms with van der Waals surface area (Å²) in [6.07, 6.45) is 2.88. The third-order valence-corrected chi connectivity index (χ3v) is 2.14. The molecule has 0 aliphatic heterocycles. The highest BCUT2D eigenvalue weighted by Gasteiger charge is 2.08. The van der Waals surface area contributed by atoms with Crippen LogP contribution in [-0.4, -0.2) is 18.2 Å². The number of ether oxygens (including phenoxy) is 1. The minimum atomic E-state index is -0.815. The zero-order valence-electron chi connectivity index (χ0n) is 9.24. The molecule has 17 heavy (non-hydrogen) atoms. The Morgan fingerprint density at radius 2 is 2.00 bits per heavy atom. The van der Waals surface area contributed by atoms with Gasteiger partial charge in [-0.1, -0.05) is 12.2 Å². The van der Waals surface area contributed by atoms with E-state index in [1.54, 1.807) is 0 Å². The molecule has 0 atom stereocenters. The van der Waals surface area contributed by atoms with E-state index in [9.17, 15) is 13.6 Å². The first kappa shape index (κ1) is 13.3. The molecule has 0 aliphatic rings. The van der Waals surface area contributed by atoms with E-state index >= 15 is 0 Å². The van der Waals surface area contributed by atoms with Crippen molar-refractivity contribution in [1.29, 1.82) is 0 Å². The Kier molecular flexibility index (Phi) is 4.78. The van der Waals surface area contributed by atoms with Gasteiger partial charge in [0.25, 0.3) is 0 Å². The van der Waals surface area contributed by atoms with Gasteiger partial charge in [0.2, 0.25) is 0 Å². The van der Waals surface area contributed by atoms with Crippen molar-refractivity contribution in [2.45, 2.75) is 13.0 Å². The van der Waals surface area contributed by atoms with E-state index in [0.717, 1.165) is 12.1 Å². The average molecular weight is 242 g/mol. The van der Waals surface area contributed by atoms with E-state index in [0.29, 0.717) is 0 Å². The summed E-state index contributed by atoms with van der Waals surface area (Å²) in [5.41, 5.74) is -0.0868. The van der Waals surface area contributed by atoms with Gasteiger partial charge in [-0.25, -0.2) is 8.78 Å². The van der Waals surface area contributed by atoms with Gasteiger partial charge < -0.3 is 9.84 Å². The third kappa shape index (κ3) is 3.64. The molecule has 0 saturated heterocycles. The van der Waals surface area contributed by atoms with Gasteiger partial charge in [-0.05, 0) is 17.7 Å². The first-order valence-electron chi connectivity index (χ1n) is 4.90. The Morgan fingerprint density at radius 1 is 1.41 bits per heavy atom. The lowest BCUT2D eigenvalue weighted by molar-refractivity contribution is -0.139. The highest BCUT2D eigenvalue weighted by molar-refractivity contribution is 5.72. The van der Waals surface area contributed by atoms with Gasteiger partial charge in [0.1, 0.15) is 11.6 Å². The van der Waals surface area contributed by atoms with Crippen molar-refractivity contribution < 1.29 is 23.4 Å². The molecular weight excluding hydrogens is 230 g/mol. The van der Waals surface area contributed by atoms with Gasteiger partial charge >= 0.3 is 5.97 Å². The van der Waals surface area contributed by atoms with Crippen molar-refractivity contribution in [3.05, 3.63) is 41.0 Å². The number of carbonyl (C=O) groups is 1. The first-order valence-corrected chi connectivity index (χ1v) is 4.90. The molecule has 0 fully saturated rings. The lowest BCUT2D eigenvalue weighted by Crippen LogP contribution is -1.97. The largest absolute Gasteiger partial charge is 0.469 e. The lowest BCUT2D eigenvalue weighted by atomic mass is 10.1. The van der Waals surface area contributed by atoms with Crippen LogP contribution in [-0.2, 0) is 16.1 Å². The number of aliphatic hydroxyl groups is 1. The van der Waals surface area contributed by atoms with Crippen LogP contribution in [0.25, 0.3) is 6.08 Å². The molecule has 0 heterocycles. The van der Waals surface area contributed by atoms with E-state index < -0.39 is 24.2 Å². The quantitative estimate of drug-likeness (QED) is 0.822. The minimum Gasteiger partial charge on any atom is -0.469 e. The standard InChI is InChI=1S/C12H12F2O3/c1-17-12(16)4-2-3-8-5-10(13)9(7-15)11(14)6-8/h2-3,5-6,15H,4,7H2,1H3. The van der Waals surface area contributed by atoms with Gasteiger partial charge in [-0.2, -0.15) is 0 Å². The summed E-state index contributed by atoms with van der Waals surface area (Å²) >= 11 is 0. The number of benzene rings is 1. The monoisotopic (exact) mass is 242 g/mol. The Morgan fingerprint density at radius 3 is 2.47 bits per heavy atom. The SMILES string of the molecule is COC(=O)CC=Cc1cc(F)c(CO)c(F)c1. The number of rotatable bonds is 4. The Labute approximate surface area is 97.3 Å². The number of methoxy groups -OCH3 is 1. The van der Waals surface area contributed by atoms with Crippen molar-refractivity contribution in [3.8, 4) is 0 Å². The van der Waals surface area contributed by atoms with Crippen molar-refractivity contribution in [2.24, 2.45) is 0 Å². The van der Waals surface area contributed by atoms with Crippen molar-refractivity contribution in [3.63, 3.8) is 0 Å². The molecule has 3 nitrogen and oxygen atoms in total. The predicted octanol–water partition coefficient (Wildman–Crippen LogP) is 2.03. The Balaban J connectivity index is 2.83. The molecular formula is C12H12F2O3. The summed E-state index contributed by atoms with van der Waals surface area (Å²) in [4.78, 5) is 10.8. The molecule has 0 bridgehead atoms. The molecule has 5 heteroatoms. The summed E-state index contributed by atoms with van der Waals surface area (Å²) in [6, 6.07) is 2.17. The normalized spacial score (nSPS) is 10.8. The van der Waals surface area contributed by atoms with Crippen LogP contribution >= 0.6 is 0 Å². The lowest BCUT2D eigenvalue weighted by Gasteiger charge is -2.02. The maximum absolute atomic E-state index is 13.2. The molecule has 0 aliphatic carbocycles. The van der Waals surface area contributed by atoms with Crippen molar-refractivity contribution >= 4 is 12.0 Å². The molecule has 0 unspecified atom stereocenters. The van der Waals surface area contributed by atoms with Crippen LogP contribution in [0.1, 0.15) is 17.5 Å². The van der Waals surface area contributed by atoms with Gasteiger partial charge in [0.15, 0.2) is 0 Å². The number of aliphatic hydroxyl groups excluding tert-OH is 1. The van der Waals surface area contributed by atoms with Gasteiger partial charge in [0, 0.05) is 5.56 Å². The number of hydrogen-bond acceptors (Lipinski definition) is 3. The summed E-state index contributed by atoms with van der Waals surface area (Å²) in [7, 11) is 1.26. The fourth-order valence-corrected chi connectivity index (χ4v) is 1.24. The van der Waals surface area contributed by atoms with Crippen LogP contribution in [0.5, 0.6) is 0 Å². The third-order valence-electron chi connectivity index (χ3n) is 2.14. The fourth-order valence-electron chi connectivity index (χ4n) is 1.24. The molecule has 1 aromatic rings. The maximum Gasteiger partial charge on any atom is 0.309 e. The summed E-state index contributed by atoms with van der Waals surface area (Å²) in [5.74, 6) is -2.07. The van der Waals surface area contributed by atoms with Gasteiger partial charge in [-0.3, -0.25) is 4.79 Å². The molecule has 0 radical (unpaired) electrons. The molecule has 0 spiro atoms. The zero-order valence-corrected chi connectivity index (χ0v) is 9.24. The van der Waals surface area contributed by atoms with E-state index in [4.69, 9.17) is 5.11 Å². The topological polar surface area (TPSA) is 46.5 Å². The van der Waals surface area contributed by atoms with Gasteiger partial charge in [0.05, 0.1) is 20.1 Å². The van der Waals surface area contributed by atoms with Crippen LogP contribution in [0.4, 0.5) is 8.78 Å². The van der Waals surface area contributed by atoms with Crippen LogP contribution < -0.4 is 0 Å². The second kappa shape index (κ2) is 6.10. The van der Waals surface area contributed by atoms with Gasteiger partial charge in [-0.15, -0.1) is 0 Å². The van der Waals surface area contributed by atoms with Crippen molar-refractivity contribution in [2.75, 3.05) is 7.11 Å². The second-order valence-electron chi connectivity index (χ2n) is 3.30. The molecule has 0 amide bonds. The van der Waals surface area contributed by atoms with Crippen LogP contribution in [0.3, 0.4) is 0 Å². The minimum absolute atomic E-state index is 0.0293. The Hall–Kier alpha value is -1.75. The predicted molar refractivity (Wildman–Crippen MR) is 57.9 cm³/mol. The van der Waals surface area contributed by atoms with E-state index in [-0.39, 0.29) is 17.5 Å². The second-order valence-corrected chi connectivity index (χ2v) is 3.30. The number of hydrogen-bond donors (Lipinski definition) is 1. The van der Waals surface area contributed by atoms with E-state index in [1.165, 1.54) is 19.3 Å². The van der Waals surface area contributed by atoms with Crippen LogP contribution in [0.2, 0.25) is 0 Å². The number of esters is 1. The molecule has 1 N–H and O–H groups in total. The zero-order chi connectivity index (χ0) is 12.8.